The standard InChI is InChI=1S/C17H17NS2.C16H15NS2/c1-11-6-5-7-13(10-18)16(11)20-17-12(2)19-15-9-4-3-8-14(15)17;1-17-10-12-6-2-4-8-14(12)19-16-11-18-15-9-5-3-7-13(15)16/h3-9H,10,18H2,1-2H3;2-9,11,17H,10H2,1H3. The third-order valence-electron chi connectivity index (χ3n) is 6.44. The van der Waals surface area contributed by atoms with Crippen molar-refractivity contribution in [3.05, 3.63) is 118 Å². The van der Waals surface area contributed by atoms with Gasteiger partial charge in [0.25, 0.3) is 0 Å². The van der Waals surface area contributed by atoms with Crippen LogP contribution in [-0.4, -0.2) is 7.05 Å². The molecule has 6 heteroatoms. The summed E-state index contributed by atoms with van der Waals surface area (Å²) in [6.07, 6.45) is 0. The molecule has 6 aromatic rings. The Bertz CT molecular complexity index is 1700. The quantitative estimate of drug-likeness (QED) is 0.196. The lowest BCUT2D eigenvalue weighted by molar-refractivity contribution is 0.803. The highest BCUT2D eigenvalue weighted by Crippen LogP contribution is 2.43. The molecule has 2 heterocycles. The number of nitrogens with one attached hydrogen (secondary N) is 1. The van der Waals surface area contributed by atoms with Crippen LogP contribution in [0.1, 0.15) is 21.6 Å². The molecule has 0 atom stereocenters. The summed E-state index contributed by atoms with van der Waals surface area (Å²) in [7, 11) is 1.99. The summed E-state index contributed by atoms with van der Waals surface area (Å²) in [4.78, 5) is 6.74. The van der Waals surface area contributed by atoms with Crippen molar-refractivity contribution >= 4 is 66.4 Å². The van der Waals surface area contributed by atoms with Gasteiger partial charge >= 0.3 is 0 Å². The molecule has 2 nitrogen and oxygen atoms in total. The molecule has 0 unspecified atom stereocenters. The molecule has 0 saturated heterocycles. The summed E-state index contributed by atoms with van der Waals surface area (Å²) in [5.74, 6) is 0. The van der Waals surface area contributed by atoms with Crippen LogP contribution >= 0.6 is 46.2 Å². The van der Waals surface area contributed by atoms with E-state index < -0.39 is 0 Å². The Morgan fingerprint density at radius 1 is 0.692 bits per heavy atom. The van der Waals surface area contributed by atoms with Gasteiger partial charge in [0.15, 0.2) is 0 Å². The minimum Gasteiger partial charge on any atom is -0.326 e. The molecule has 4 aromatic carbocycles. The van der Waals surface area contributed by atoms with Crippen LogP contribution < -0.4 is 11.1 Å². The molecule has 0 aliphatic rings. The van der Waals surface area contributed by atoms with Crippen molar-refractivity contribution in [2.24, 2.45) is 5.73 Å². The number of aryl methyl sites for hydroxylation is 2. The second-order valence-corrected chi connectivity index (χ2v) is 13.5. The maximum absolute atomic E-state index is 5.89. The van der Waals surface area contributed by atoms with Gasteiger partial charge in [0.2, 0.25) is 0 Å². The number of hydrogen-bond donors (Lipinski definition) is 2. The van der Waals surface area contributed by atoms with Crippen LogP contribution in [0.4, 0.5) is 0 Å². The predicted molar refractivity (Wildman–Crippen MR) is 175 cm³/mol. The molecule has 0 amide bonds. The Hall–Kier alpha value is -2.58. The molecule has 198 valence electrons. The lowest BCUT2D eigenvalue weighted by atomic mass is 10.1. The second-order valence-electron chi connectivity index (χ2n) is 9.19. The van der Waals surface area contributed by atoms with Gasteiger partial charge in [-0.2, -0.15) is 0 Å². The third kappa shape index (κ3) is 6.43. The normalized spacial score (nSPS) is 11.1. The van der Waals surface area contributed by atoms with E-state index >= 15 is 0 Å². The van der Waals surface area contributed by atoms with E-state index in [4.69, 9.17) is 5.73 Å². The van der Waals surface area contributed by atoms with Crippen LogP contribution in [0.3, 0.4) is 0 Å². The molecule has 0 saturated carbocycles. The average molecular weight is 585 g/mol. The zero-order valence-electron chi connectivity index (χ0n) is 22.4. The molecule has 0 fully saturated rings. The Balaban J connectivity index is 0.000000158. The first kappa shape index (κ1) is 28.0. The molecular formula is C33H32N2S4. The number of fused-ring (bicyclic) bond motifs is 2. The summed E-state index contributed by atoms with van der Waals surface area (Å²) in [5.41, 5.74) is 9.77. The predicted octanol–water partition coefficient (Wildman–Crippen LogP) is 9.90. The minimum atomic E-state index is 0.588. The molecule has 0 spiro atoms. The van der Waals surface area contributed by atoms with E-state index in [0.717, 1.165) is 6.54 Å². The highest BCUT2D eigenvalue weighted by Gasteiger charge is 2.13. The first-order valence-corrected chi connectivity index (χ1v) is 16.2. The van der Waals surface area contributed by atoms with E-state index in [1.165, 1.54) is 61.3 Å². The van der Waals surface area contributed by atoms with E-state index in [1.807, 2.05) is 53.2 Å². The zero-order chi connectivity index (χ0) is 27.2. The number of benzene rings is 4. The van der Waals surface area contributed by atoms with Gasteiger partial charge in [-0.3, -0.25) is 0 Å². The SMILES string of the molecule is CNCc1ccccc1Sc1csc2ccccc12.Cc1cccc(CN)c1Sc1c(C)sc2ccccc12. The van der Waals surface area contributed by atoms with Crippen molar-refractivity contribution in [1.82, 2.24) is 5.32 Å². The molecule has 0 bridgehead atoms. The fourth-order valence-corrected chi connectivity index (χ4v) is 9.07. The maximum atomic E-state index is 5.89. The monoisotopic (exact) mass is 584 g/mol. The Morgan fingerprint density at radius 3 is 2.18 bits per heavy atom. The summed E-state index contributed by atoms with van der Waals surface area (Å²) in [6, 6.07) is 32.2. The summed E-state index contributed by atoms with van der Waals surface area (Å²) < 4.78 is 2.71. The summed E-state index contributed by atoms with van der Waals surface area (Å²) in [5, 5.41) is 8.20. The summed E-state index contributed by atoms with van der Waals surface area (Å²) >= 11 is 7.40. The van der Waals surface area contributed by atoms with Gasteiger partial charge in [-0.1, -0.05) is 96.3 Å². The number of hydrogen-bond acceptors (Lipinski definition) is 6. The molecule has 0 radical (unpaired) electrons. The Labute approximate surface area is 247 Å². The van der Waals surface area contributed by atoms with E-state index in [9.17, 15) is 0 Å². The molecule has 39 heavy (non-hydrogen) atoms. The third-order valence-corrected chi connectivity index (χ3v) is 11.5. The molecule has 0 aliphatic heterocycles. The van der Waals surface area contributed by atoms with Gasteiger partial charge in [-0.15, -0.1) is 22.7 Å². The first-order valence-electron chi connectivity index (χ1n) is 12.9. The van der Waals surface area contributed by atoms with Crippen molar-refractivity contribution < 1.29 is 0 Å². The fourth-order valence-electron chi connectivity index (χ4n) is 4.48. The van der Waals surface area contributed by atoms with E-state index in [2.05, 4.69) is 116 Å². The first-order chi connectivity index (χ1) is 19.1. The van der Waals surface area contributed by atoms with Crippen molar-refractivity contribution in [3.8, 4) is 0 Å². The largest absolute Gasteiger partial charge is 0.326 e. The van der Waals surface area contributed by atoms with Gasteiger partial charge in [-0.05, 0) is 55.8 Å². The molecule has 0 aliphatic carbocycles. The summed E-state index contributed by atoms with van der Waals surface area (Å²) in [6.45, 7) is 5.86. The van der Waals surface area contributed by atoms with E-state index in [-0.39, 0.29) is 0 Å². The zero-order valence-corrected chi connectivity index (χ0v) is 25.6. The van der Waals surface area contributed by atoms with Crippen LogP contribution in [0.15, 0.2) is 116 Å². The lowest BCUT2D eigenvalue weighted by Crippen LogP contribution is -2.05. The molecular weight excluding hydrogens is 553 g/mol. The van der Waals surface area contributed by atoms with Crippen LogP contribution in [0.5, 0.6) is 0 Å². The van der Waals surface area contributed by atoms with Crippen LogP contribution in [0.25, 0.3) is 20.2 Å². The Morgan fingerprint density at radius 2 is 1.38 bits per heavy atom. The van der Waals surface area contributed by atoms with Crippen LogP contribution in [-0.2, 0) is 13.1 Å². The molecule has 6 rings (SSSR count). The number of rotatable bonds is 7. The smallest absolute Gasteiger partial charge is 0.0357 e. The van der Waals surface area contributed by atoms with Gasteiger partial charge in [0.05, 0.1) is 0 Å². The average Bonchev–Trinajstić information content (AvgIpc) is 3.51. The molecule has 2 aromatic heterocycles. The van der Waals surface area contributed by atoms with Gasteiger partial charge in [0, 0.05) is 63.1 Å². The highest BCUT2D eigenvalue weighted by molar-refractivity contribution is 8.00. The van der Waals surface area contributed by atoms with Crippen molar-refractivity contribution in [1.29, 1.82) is 0 Å². The number of thiophene rings is 2. The minimum absolute atomic E-state index is 0.588. The fraction of sp³-hybridized carbons (Fsp3) is 0.152. The van der Waals surface area contributed by atoms with Crippen molar-refractivity contribution in [3.63, 3.8) is 0 Å². The van der Waals surface area contributed by atoms with Gasteiger partial charge in [0.1, 0.15) is 0 Å². The van der Waals surface area contributed by atoms with Gasteiger partial charge in [-0.25, -0.2) is 0 Å². The van der Waals surface area contributed by atoms with Gasteiger partial charge < -0.3 is 11.1 Å². The number of nitrogens with two attached hydrogens (primary N) is 1. The van der Waals surface area contributed by atoms with Crippen molar-refractivity contribution in [2.75, 3.05) is 7.05 Å². The maximum Gasteiger partial charge on any atom is 0.0357 e. The van der Waals surface area contributed by atoms with Crippen LogP contribution in [0.2, 0.25) is 0 Å². The lowest BCUT2D eigenvalue weighted by Gasteiger charge is -2.11. The molecule has 3 N–H and O–H groups in total. The van der Waals surface area contributed by atoms with Crippen LogP contribution in [0, 0.1) is 13.8 Å². The van der Waals surface area contributed by atoms with Crippen molar-refractivity contribution in [2.45, 2.75) is 46.5 Å². The second kappa shape index (κ2) is 13.2. The Kier molecular flexibility index (Phi) is 9.45. The van der Waals surface area contributed by atoms with E-state index in [1.54, 1.807) is 0 Å². The topological polar surface area (TPSA) is 38.0 Å². The highest BCUT2D eigenvalue weighted by atomic mass is 32.2. The van der Waals surface area contributed by atoms with E-state index in [0.29, 0.717) is 6.54 Å².